The number of imidazole rings is 1. The number of rotatable bonds is 6. The molecule has 1 fully saturated rings. The Morgan fingerprint density at radius 1 is 1.33 bits per heavy atom. The number of nitrogens with zero attached hydrogens (tertiary/aromatic N) is 4. The van der Waals surface area contributed by atoms with Crippen molar-refractivity contribution in [1.82, 2.24) is 19.5 Å². The van der Waals surface area contributed by atoms with E-state index in [2.05, 4.69) is 15.0 Å². The Morgan fingerprint density at radius 3 is 2.70 bits per heavy atom. The molecule has 27 heavy (non-hydrogen) atoms. The van der Waals surface area contributed by atoms with Crippen LogP contribution in [-0.4, -0.2) is 70.0 Å². The van der Waals surface area contributed by atoms with E-state index in [4.69, 9.17) is 20.9 Å². The van der Waals surface area contributed by atoms with Gasteiger partial charge in [0.1, 0.15) is 24.1 Å². The van der Waals surface area contributed by atoms with Gasteiger partial charge in [0.05, 0.1) is 18.5 Å². The zero-order chi connectivity index (χ0) is 19.9. The average Bonchev–Trinajstić information content (AvgIpc) is 3.12. The second kappa shape index (κ2) is 7.69. The standard InChI is InChI=1S/C14H20ClN4O7P/c1-6(26-27(23,24)7(2)20)3-8-10(21)11(22)14(25-8)19-5-18-9-12(15)16-4-17-13(9)19/h4-8,10-11,14,20-22H,3H2,1-2H3,(H,23,24)/t6-,7?,8?,10?,11-,14-/m1/s1. The smallest absolute Gasteiger partial charge is 0.356 e. The molecule has 150 valence electrons. The molecule has 0 amide bonds. The van der Waals surface area contributed by atoms with E-state index in [1.165, 1.54) is 24.1 Å². The van der Waals surface area contributed by atoms with Crippen LogP contribution in [0.5, 0.6) is 0 Å². The van der Waals surface area contributed by atoms with Gasteiger partial charge in [0, 0.05) is 6.42 Å². The van der Waals surface area contributed by atoms with E-state index in [1.807, 2.05) is 0 Å². The normalized spacial score (nSPS) is 30.3. The van der Waals surface area contributed by atoms with E-state index in [9.17, 15) is 24.8 Å². The third-order valence-electron chi connectivity index (χ3n) is 4.29. The lowest BCUT2D eigenvalue weighted by Gasteiger charge is -2.23. The second-order valence-electron chi connectivity index (χ2n) is 6.38. The van der Waals surface area contributed by atoms with Gasteiger partial charge in [-0.05, 0) is 13.8 Å². The first kappa shape index (κ1) is 20.6. The van der Waals surface area contributed by atoms with Crippen molar-refractivity contribution in [3.63, 3.8) is 0 Å². The number of aliphatic hydroxyl groups is 3. The molecule has 3 heterocycles. The van der Waals surface area contributed by atoms with Crippen molar-refractivity contribution < 1.29 is 34.0 Å². The van der Waals surface area contributed by atoms with Crippen molar-refractivity contribution in [2.45, 2.75) is 56.8 Å². The minimum absolute atomic E-state index is 0.00830. The highest BCUT2D eigenvalue weighted by Gasteiger charge is 2.45. The van der Waals surface area contributed by atoms with Gasteiger partial charge in [0.15, 0.2) is 22.9 Å². The summed E-state index contributed by atoms with van der Waals surface area (Å²) in [5.74, 6) is -1.55. The minimum atomic E-state index is -4.20. The molecule has 0 aliphatic carbocycles. The van der Waals surface area contributed by atoms with Crippen LogP contribution in [0, 0.1) is 0 Å². The number of ether oxygens (including phenoxy) is 1. The van der Waals surface area contributed by atoms with Crippen LogP contribution in [0.3, 0.4) is 0 Å². The largest absolute Gasteiger partial charge is 0.388 e. The summed E-state index contributed by atoms with van der Waals surface area (Å²) in [7, 11) is -4.20. The predicted octanol–water partition coefficient (Wildman–Crippen LogP) is 0.418. The van der Waals surface area contributed by atoms with Crippen LogP contribution in [0.2, 0.25) is 5.15 Å². The van der Waals surface area contributed by atoms with Gasteiger partial charge in [-0.1, -0.05) is 11.6 Å². The Morgan fingerprint density at radius 2 is 2.04 bits per heavy atom. The van der Waals surface area contributed by atoms with Crippen LogP contribution < -0.4 is 0 Å². The molecule has 0 spiro atoms. The Hall–Kier alpha value is -1.17. The summed E-state index contributed by atoms with van der Waals surface area (Å²) in [4.78, 5) is 21.6. The first-order valence-electron chi connectivity index (χ1n) is 8.15. The number of aromatic nitrogens is 4. The van der Waals surface area contributed by atoms with Crippen molar-refractivity contribution in [3.8, 4) is 0 Å². The van der Waals surface area contributed by atoms with Crippen LogP contribution in [-0.2, 0) is 13.8 Å². The molecule has 4 unspecified atom stereocenters. The van der Waals surface area contributed by atoms with Crippen molar-refractivity contribution in [2.75, 3.05) is 0 Å². The first-order valence-corrected chi connectivity index (χ1v) is 10.2. The van der Waals surface area contributed by atoms with E-state index < -0.39 is 44.1 Å². The lowest BCUT2D eigenvalue weighted by atomic mass is 10.1. The molecular weight excluding hydrogens is 403 g/mol. The molecule has 3 rings (SSSR count). The van der Waals surface area contributed by atoms with Crippen molar-refractivity contribution in [1.29, 1.82) is 0 Å². The molecule has 1 saturated heterocycles. The SMILES string of the molecule is CC(O)P(=O)(O)O[C@H](C)CC1O[C@@H](n2cnc3c(Cl)ncnc32)[C@H](O)C1O. The summed E-state index contributed by atoms with van der Waals surface area (Å²) < 4.78 is 23.9. The van der Waals surface area contributed by atoms with Gasteiger partial charge in [0.25, 0.3) is 0 Å². The Labute approximate surface area is 159 Å². The summed E-state index contributed by atoms with van der Waals surface area (Å²) in [5, 5.41) is 30.1. The summed E-state index contributed by atoms with van der Waals surface area (Å²) in [6.45, 7) is 2.64. The molecule has 13 heteroatoms. The molecule has 11 nitrogen and oxygen atoms in total. The minimum Gasteiger partial charge on any atom is -0.388 e. The Balaban J connectivity index is 1.76. The van der Waals surface area contributed by atoms with E-state index in [1.54, 1.807) is 0 Å². The molecule has 0 bridgehead atoms. The Bertz CT molecular complexity index is 865. The molecule has 0 aromatic carbocycles. The molecular formula is C14H20ClN4O7P. The van der Waals surface area contributed by atoms with Crippen LogP contribution in [0.4, 0.5) is 0 Å². The number of halogens is 1. The highest BCUT2D eigenvalue weighted by molar-refractivity contribution is 7.53. The first-order chi connectivity index (χ1) is 12.6. The number of hydrogen-bond donors (Lipinski definition) is 4. The molecule has 2 aromatic heterocycles. The van der Waals surface area contributed by atoms with Gasteiger partial charge in [-0.3, -0.25) is 9.13 Å². The fourth-order valence-electron chi connectivity index (χ4n) is 2.88. The lowest BCUT2D eigenvalue weighted by molar-refractivity contribution is -0.0462. The second-order valence-corrected chi connectivity index (χ2v) is 8.83. The quantitative estimate of drug-likeness (QED) is 0.379. The summed E-state index contributed by atoms with van der Waals surface area (Å²) in [6.07, 6.45) is -2.67. The molecule has 7 atom stereocenters. The van der Waals surface area contributed by atoms with Crippen LogP contribution in [0.1, 0.15) is 26.5 Å². The molecule has 4 N–H and O–H groups in total. The van der Waals surface area contributed by atoms with E-state index in [0.717, 1.165) is 6.92 Å². The maximum atomic E-state index is 11.8. The number of hydrogen-bond acceptors (Lipinski definition) is 9. The van der Waals surface area contributed by atoms with Gasteiger partial charge >= 0.3 is 7.60 Å². The average molecular weight is 423 g/mol. The van der Waals surface area contributed by atoms with Crippen molar-refractivity contribution >= 4 is 30.4 Å². The fraction of sp³-hybridized carbons (Fsp3) is 0.643. The predicted molar refractivity (Wildman–Crippen MR) is 92.9 cm³/mol. The molecule has 0 saturated carbocycles. The summed E-state index contributed by atoms with van der Waals surface area (Å²) in [5.41, 5.74) is 0.646. The fourth-order valence-corrected chi connectivity index (χ4v) is 3.83. The zero-order valence-electron chi connectivity index (χ0n) is 14.5. The molecule has 0 radical (unpaired) electrons. The van der Waals surface area contributed by atoms with Gasteiger partial charge in [0.2, 0.25) is 0 Å². The third-order valence-corrected chi connectivity index (χ3v) is 6.18. The van der Waals surface area contributed by atoms with Crippen molar-refractivity contribution in [2.24, 2.45) is 0 Å². The van der Waals surface area contributed by atoms with Gasteiger partial charge in [-0.15, -0.1) is 0 Å². The monoisotopic (exact) mass is 422 g/mol. The number of fused-ring (bicyclic) bond motifs is 1. The van der Waals surface area contributed by atoms with Crippen LogP contribution >= 0.6 is 19.2 Å². The summed E-state index contributed by atoms with van der Waals surface area (Å²) >= 11 is 5.96. The lowest BCUT2D eigenvalue weighted by Crippen LogP contribution is -2.33. The highest BCUT2D eigenvalue weighted by atomic mass is 35.5. The maximum Gasteiger partial charge on any atom is 0.356 e. The highest BCUT2D eigenvalue weighted by Crippen LogP contribution is 2.48. The van der Waals surface area contributed by atoms with Gasteiger partial charge in [-0.25, -0.2) is 15.0 Å². The van der Waals surface area contributed by atoms with E-state index >= 15 is 0 Å². The van der Waals surface area contributed by atoms with Gasteiger partial charge < -0.3 is 29.5 Å². The van der Waals surface area contributed by atoms with E-state index in [0.29, 0.717) is 11.2 Å². The topological polar surface area (TPSA) is 160 Å². The van der Waals surface area contributed by atoms with E-state index in [-0.39, 0.29) is 11.6 Å². The van der Waals surface area contributed by atoms with Crippen molar-refractivity contribution in [3.05, 3.63) is 17.8 Å². The third kappa shape index (κ3) is 4.01. The van der Waals surface area contributed by atoms with Crippen LogP contribution in [0.25, 0.3) is 11.2 Å². The Kier molecular flexibility index (Phi) is 5.85. The maximum absolute atomic E-state index is 11.8. The van der Waals surface area contributed by atoms with Gasteiger partial charge in [-0.2, -0.15) is 0 Å². The molecule has 2 aromatic rings. The summed E-state index contributed by atoms with van der Waals surface area (Å²) in [6, 6.07) is 0. The molecule has 1 aliphatic heterocycles. The number of aliphatic hydroxyl groups excluding tert-OH is 3. The zero-order valence-corrected chi connectivity index (χ0v) is 16.1. The van der Waals surface area contributed by atoms with Crippen LogP contribution in [0.15, 0.2) is 12.7 Å². The molecule has 1 aliphatic rings.